The van der Waals surface area contributed by atoms with Crippen molar-refractivity contribution in [2.24, 2.45) is 0 Å². The second-order valence-electron chi connectivity index (χ2n) is 5.55. The zero-order valence-electron chi connectivity index (χ0n) is 14.4. The van der Waals surface area contributed by atoms with Crippen molar-refractivity contribution in [3.63, 3.8) is 0 Å². The van der Waals surface area contributed by atoms with E-state index in [1.54, 1.807) is 0 Å². The van der Waals surface area contributed by atoms with Crippen molar-refractivity contribution in [2.75, 3.05) is 14.2 Å². The summed E-state index contributed by atoms with van der Waals surface area (Å²) in [6, 6.07) is 7.76. The van der Waals surface area contributed by atoms with Crippen molar-refractivity contribution >= 4 is 11.7 Å². The molecule has 1 aromatic carbocycles. The predicted octanol–water partition coefficient (Wildman–Crippen LogP) is 4.64. The maximum Gasteiger partial charge on any atom is 0.375 e. The van der Waals surface area contributed by atoms with E-state index in [4.69, 9.17) is 9.47 Å². The number of rotatable bonds is 11. The highest BCUT2D eigenvalue weighted by Crippen LogP contribution is 2.25. The van der Waals surface area contributed by atoms with Gasteiger partial charge in [-0.15, -0.1) is 0 Å². The molecule has 0 saturated carbocycles. The molecule has 0 bridgehead atoms. The van der Waals surface area contributed by atoms with E-state index in [9.17, 15) is 9.90 Å². The lowest BCUT2D eigenvalue weighted by atomic mass is 9.98. The Labute approximate surface area is 139 Å². The molecule has 0 aromatic heterocycles. The lowest BCUT2D eigenvalue weighted by molar-refractivity contribution is -0.136. The smallest absolute Gasteiger partial charge is 0.375 e. The molecule has 0 aliphatic rings. The number of methoxy groups -OCH3 is 2. The quantitative estimate of drug-likeness (QED) is 0.367. The molecule has 0 atom stereocenters. The van der Waals surface area contributed by atoms with E-state index < -0.39 is 5.97 Å². The maximum absolute atomic E-state index is 11.3. The predicted molar refractivity (Wildman–Crippen MR) is 92.1 cm³/mol. The van der Waals surface area contributed by atoms with Gasteiger partial charge in [0.15, 0.2) is 5.76 Å². The average molecular weight is 320 g/mol. The van der Waals surface area contributed by atoms with Crippen LogP contribution in [0.15, 0.2) is 30.0 Å². The number of hydrogen-bond donors (Lipinski definition) is 1. The first kappa shape index (κ1) is 19.1. The molecule has 0 amide bonds. The standard InChI is InChI=1S/C19H28O4/c1-4-5-6-7-8-9-12-15-13-10-11-14-16(15)17(22-2)18(23-3)19(20)21/h10-11,13-14H,4-9,12H2,1-3H3,(H,20,21). The summed E-state index contributed by atoms with van der Waals surface area (Å²) in [5, 5.41) is 9.26. The number of aliphatic carboxylic acids is 1. The molecular weight excluding hydrogens is 292 g/mol. The molecule has 128 valence electrons. The number of aryl methyl sites for hydroxylation is 1. The first-order chi connectivity index (χ1) is 11.2. The molecular formula is C19H28O4. The van der Waals surface area contributed by atoms with Crippen molar-refractivity contribution in [3.05, 3.63) is 41.2 Å². The monoisotopic (exact) mass is 320 g/mol. The highest BCUT2D eigenvalue weighted by atomic mass is 16.5. The number of carboxylic acid groups (broad SMARTS) is 1. The Kier molecular flexibility index (Phi) is 8.88. The van der Waals surface area contributed by atoms with E-state index in [2.05, 4.69) is 6.92 Å². The van der Waals surface area contributed by atoms with Crippen LogP contribution in [0.5, 0.6) is 0 Å². The topological polar surface area (TPSA) is 55.8 Å². The molecule has 1 N–H and O–H groups in total. The van der Waals surface area contributed by atoms with Crippen LogP contribution in [0.25, 0.3) is 5.76 Å². The van der Waals surface area contributed by atoms with Gasteiger partial charge in [0.25, 0.3) is 0 Å². The van der Waals surface area contributed by atoms with Gasteiger partial charge < -0.3 is 14.6 Å². The first-order valence-electron chi connectivity index (χ1n) is 8.29. The van der Waals surface area contributed by atoms with Crippen molar-refractivity contribution in [1.29, 1.82) is 0 Å². The van der Waals surface area contributed by atoms with E-state index in [0.717, 1.165) is 24.0 Å². The molecule has 4 nitrogen and oxygen atoms in total. The Balaban J connectivity index is 2.85. The molecule has 4 heteroatoms. The largest absolute Gasteiger partial charge is 0.492 e. The second-order valence-corrected chi connectivity index (χ2v) is 5.55. The van der Waals surface area contributed by atoms with Gasteiger partial charge in [0.2, 0.25) is 5.76 Å². The molecule has 1 aromatic rings. The number of carbonyl (C=O) groups is 1. The van der Waals surface area contributed by atoms with Gasteiger partial charge >= 0.3 is 5.97 Å². The summed E-state index contributed by atoms with van der Waals surface area (Å²) in [5.41, 5.74) is 1.89. The van der Waals surface area contributed by atoms with Crippen molar-refractivity contribution in [3.8, 4) is 0 Å². The van der Waals surface area contributed by atoms with Gasteiger partial charge in [0.05, 0.1) is 14.2 Å². The average Bonchev–Trinajstić information content (AvgIpc) is 2.56. The summed E-state index contributed by atoms with van der Waals surface area (Å²) in [7, 11) is 2.82. The summed E-state index contributed by atoms with van der Waals surface area (Å²) >= 11 is 0. The number of unbranched alkanes of at least 4 members (excludes halogenated alkanes) is 5. The second kappa shape index (κ2) is 10.7. The lowest BCUT2D eigenvalue weighted by Crippen LogP contribution is -2.09. The van der Waals surface area contributed by atoms with Crippen LogP contribution in [0, 0.1) is 0 Å². The van der Waals surface area contributed by atoms with Crippen LogP contribution in [-0.4, -0.2) is 25.3 Å². The van der Waals surface area contributed by atoms with Crippen molar-refractivity contribution in [1.82, 2.24) is 0 Å². The third-order valence-electron chi connectivity index (χ3n) is 3.87. The fourth-order valence-electron chi connectivity index (χ4n) is 2.66. The minimum Gasteiger partial charge on any atom is -0.492 e. The number of ether oxygens (including phenoxy) is 2. The third-order valence-corrected chi connectivity index (χ3v) is 3.87. The van der Waals surface area contributed by atoms with E-state index in [1.165, 1.54) is 46.3 Å². The summed E-state index contributed by atoms with van der Waals surface area (Å²) in [6.07, 6.45) is 8.27. The fraction of sp³-hybridized carbons (Fsp3) is 0.526. The molecule has 0 saturated heterocycles. The molecule has 0 aliphatic heterocycles. The number of carboxylic acids is 1. The van der Waals surface area contributed by atoms with Crippen molar-refractivity contribution in [2.45, 2.75) is 51.9 Å². The Morgan fingerprint density at radius 1 is 1.00 bits per heavy atom. The van der Waals surface area contributed by atoms with Crippen LogP contribution in [0.2, 0.25) is 0 Å². The van der Waals surface area contributed by atoms with E-state index >= 15 is 0 Å². The SMILES string of the molecule is CCCCCCCCc1ccccc1C(OC)=C(OC)C(=O)O. The Hall–Kier alpha value is -1.97. The molecule has 0 fully saturated rings. The van der Waals surface area contributed by atoms with Gasteiger partial charge in [0.1, 0.15) is 0 Å². The highest BCUT2D eigenvalue weighted by Gasteiger charge is 2.19. The number of benzene rings is 1. The fourth-order valence-corrected chi connectivity index (χ4v) is 2.66. The van der Waals surface area contributed by atoms with Crippen LogP contribution < -0.4 is 0 Å². The summed E-state index contributed by atoms with van der Waals surface area (Å²) in [4.78, 5) is 11.3. The summed E-state index contributed by atoms with van der Waals surface area (Å²) in [5.74, 6) is -1.01. The van der Waals surface area contributed by atoms with Crippen LogP contribution in [0.1, 0.15) is 56.6 Å². The summed E-state index contributed by atoms with van der Waals surface area (Å²) in [6.45, 7) is 2.21. The maximum atomic E-state index is 11.3. The van der Waals surface area contributed by atoms with Crippen LogP contribution in [0.3, 0.4) is 0 Å². The minimum absolute atomic E-state index is 0.164. The van der Waals surface area contributed by atoms with Crippen LogP contribution in [-0.2, 0) is 20.7 Å². The summed E-state index contributed by atoms with van der Waals surface area (Å²) < 4.78 is 10.3. The first-order valence-corrected chi connectivity index (χ1v) is 8.29. The molecule has 0 spiro atoms. The molecule has 0 aliphatic carbocycles. The Bertz CT molecular complexity index is 520. The molecule has 1 rings (SSSR count). The molecule has 0 unspecified atom stereocenters. The van der Waals surface area contributed by atoms with Crippen molar-refractivity contribution < 1.29 is 19.4 Å². The zero-order chi connectivity index (χ0) is 17.1. The molecule has 0 heterocycles. The number of hydrogen-bond acceptors (Lipinski definition) is 3. The zero-order valence-corrected chi connectivity index (χ0v) is 14.4. The highest BCUT2D eigenvalue weighted by molar-refractivity contribution is 5.93. The van der Waals surface area contributed by atoms with Gasteiger partial charge in [-0.1, -0.05) is 63.3 Å². The van der Waals surface area contributed by atoms with Crippen LogP contribution >= 0.6 is 0 Å². The van der Waals surface area contributed by atoms with Gasteiger partial charge in [-0.05, 0) is 18.4 Å². The van der Waals surface area contributed by atoms with Gasteiger partial charge in [-0.2, -0.15) is 0 Å². The molecule has 23 heavy (non-hydrogen) atoms. The Morgan fingerprint density at radius 3 is 2.26 bits per heavy atom. The lowest BCUT2D eigenvalue weighted by Gasteiger charge is -2.14. The minimum atomic E-state index is -1.13. The normalized spacial score (nSPS) is 11.8. The van der Waals surface area contributed by atoms with Gasteiger partial charge in [0, 0.05) is 5.56 Å². The van der Waals surface area contributed by atoms with Crippen LogP contribution in [0.4, 0.5) is 0 Å². The Morgan fingerprint density at radius 2 is 1.65 bits per heavy atom. The third kappa shape index (κ3) is 5.97. The van der Waals surface area contributed by atoms with E-state index in [0.29, 0.717) is 0 Å². The van der Waals surface area contributed by atoms with E-state index in [1.807, 2.05) is 24.3 Å². The van der Waals surface area contributed by atoms with Gasteiger partial charge in [-0.25, -0.2) is 4.79 Å². The molecule has 0 radical (unpaired) electrons. The van der Waals surface area contributed by atoms with Gasteiger partial charge in [-0.3, -0.25) is 0 Å². The van der Waals surface area contributed by atoms with E-state index in [-0.39, 0.29) is 11.5 Å².